The molecule has 1 saturated carbocycles. The average Bonchev–Trinajstić information content (AvgIpc) is 3.41. The number of aliphatic hydroxyl groups excluding tert-OH is 1. The van der Waals surface area contributed by atoms with Gasteiger partial charge in [-0.25, -0.2) is 0 Å². The molecule has 1 heterocycles. The van der Waals surface area contributed by atoms with Crippen LogP contribution in [0.5, 0.6) is 0 Å². The molecule has 0 bridgehead atoms. The number of nitrogens with one attached hydrogen (secondary N) is 1. The van der Waals surface area contributed by atoms with Crippen molar-refractivity contribution in [3.63, 3.8) is 0 Å². The van der Waals surface area contributed by atoms with E-state index < -0.39 is 5.54 Å². The molecule has 1 amide bonds. The van der Waals surface area contributed by atoms with Gasteiger partial charge in [-0.3, -0.25) is 9.78 Å². The van der Waals surface area contributed by atoms with Gasteiger partial charge in [-0.15, -0.1) is 0 Å². The number of carbonyl (C=O) groups excluding carboxylic acids is 1. The Bertz CT molecular complexity index is 711. The van der Waals surface area contributed by atoms with Crippen LogP contribution in [0.2, 0.25) is 0 Å². The number of nitrogens with zero attached hydrogens (tertiary/aromatic N) is 1. The molecule has 0 aliphatic heterocycles. The van der Waals surface area contributed by atoms with Crippen LogP contribution in [0.25, 0.3) is 11.3 Å². The molecule has 23 heavy (non-hydrogen) atoms. The van der Waals surface area contributed by atoms with Crippen molar-refractivity contribution in [2.45, 2.75) is 32.2 Å². The maximum atomic E-state index is 12.7. The van der Waals surface area contributed by atoms with Crippen LogP contribution < -0.4 is 5.32 Å². The van der Waals surface area contributed by atoms with Crippen LogP contribution in [0, 0.1) is 12.8 Å². The van der Waals surface area contributed by atoms with E-state index in [9.17, 15) is 9.90 Å². The fourth-order valence-corrected chi connectivity index (χ4v) is 3.00. The van der Waals surface area contributed by atoms with Gasteiger partial charge in [0, 0.05) is 17.3 Å². The number of aromatic nitrogens is 1. The zero-order valence-corrected chi connectivity index (χ0v) is 13.5. The third-order valence-electron chi connectivity index (χ3n) is 4.73. The Morgan fingerprint density at radius 3 is 2.70 bits per heavy atom. The zero-order chi connectivity index (χ0) is 16.4. The maximum absolute atomic E-state index is 12.7. The molecule has 1 aliphatic carbocycles. The second-order valence-electron chi connectivity index (χ2n) is 6.50. The number of rotatable bonds is 5. The molecule has 2 aromatic rings. The van der Waals surface area contributed by atoms with E-state index in [4.69, 9.17) is 0 Å². The lowest BCUT2D eigenvalue weighted by Crippen LogP contribution is -2.50. The second-order valence-corrected chi connectivity index (χ2v) is 6.50. The van der Waals surface area contributed by atoms with Gasteiger partial charge in [0.1, 0.15) is 0 Å². The summed E-state index contributed by atoms with van der Waals surface area (Å²) in [6.07, 6.45) is 3.87. The minimum absolute atomic E-state index is 0.0393. The molecule has 1 aromatic heterocycles. The molecule has 4 nitrogen and oxygen atoms in total. The highest BCUT2D eigenvalue weighted by atomic mass is 16.3. The molecule has 1 unspecified atom stereocenters. The molecule has 2 N–H and O–H groups in total. The van der Waals surface area contributed by atoms with Crippen molar-refractivity contribution in [1.29, 1.82) is 0 Å². The van der Waals surface area contributed by atoms with Crippen molar-refractivity contribution in [2.75, 3.05) is 6.61 Å². The first-order chi connectivity index (χ1) is 11.0. The van der Waals surface area contributed by atoms with E-state index >= 15 is 0 Å². The Hall–Kier alpha value is -2.20. The van der Waals surface area contributed by atoms with Crippen LogP contribution in [0.15, 0.2) is 42.6 Å². The maximum Gasteiger partial charge on any atom is 0.252 e. The third kappa shape index (κ3) is 3.13. The summed E-state index contributed by atoms with van der Waals surface area (Å²) < 4.78 is 0. The summed E-state index contributed by atoms with van der Waals surface area (Å²) in [5.74, 6) is 0.236. The van der Waals surface area contributed by atoms with Gasteiger partial charge >= 0.3 is 0 Å². The molecule has 1 atom stereocenters. The minimum atomic E-state index is -0.537. The molecule has 1 aromatic carbocycles. The van der Waals surface area contributed by atoms with Crippen molar-refractivity contribution in [1.82, 2.24) is 10.3 Å². The monoisotopic (exact) mass is 310 g/mol. The molecule has 1 fully saturated rings. The molecule has 3 rings (SSSR count). The highest BCUT2D eigenvalue weighted by Crippen LogP contribution is 2.39. The Morgan fingerprint density at radius 2 is 2.09 bits per heavy atom. The van der Waals surface area contributed by atoms with Gasteiger partial charge in [0.15, 0.2) is 0 Å². The number of hydrogen-bond donors (Lipinski definition) is 2. The van der Waals surface area contributed by atoms with Crippen LogP contribution in [0.1, 0.15) is 35.7 Å². The summed E-state index contributed by atoms with van der Waals surface area (Å²) in [6.45, 7) is 3.81. The van der Waals surface area contributed by atoms with Crippen LogP contribution in [-0.2, 0) is 0 Å². The van der Waals surface area contributed by atoms with Gasteiger partial charge in [-0.1, -0.05) is 18.2 Å². The van der Waals surface area contributed by atoms with E-state index in [-0.39, 0.29) is 12.5 Å². The SMILES string of the molecule is Cc1c(C(=O)NC(C)(CO)C2CC2)cccc1-c1ccccn1. The van der Waals surface area contributed by atoms with E-state index in [1.165, 1.54) is 0 Å². The highest BCUT2D eigenvalue weighted by molar-refractivity contribution is 5.97. The fraction of sp³-hybridized carbons (Fsp3) is 0.368. The summed E-state index contributed by atoms with van der Waals surface area (Å²) in [5, 5.41) is 12.7. The number of aliphatic hydroxyl groups is 1. The van der Waals surface area contributed by atoms with E-state index in [2.05, 4.69) is 10.3 Å². The fourth-order valence-electron chi connectivity index (χ4n) is 3.00. The second kappa shape index (κ2) is 6.13. The van der Waals surface area contributed by atoms with Gasteiger partial charge < -0.3 is 10.4 Å². The first-order valence-electron chi connectivity index (χ1n) is 7.99. The Labute approximate surface area is 136 Å². The topological polar surface area (TPSA) is 62.2 Å². The van der Waals surface area contributed by atoms with Gasteiger partial charge in [-0.2, -0.15) is 0 Å². The van der Waals surface area contributed by atoms with E-state index in [1.54, 1.807) is 6.20 Å². The molecule has 0 radical (unpaired) electrons. The van der Waals surface area contributed by atoms with Crippen molar-refractivity contribution >= 4 is 5.91 Å². The summed E-state index contributed by atoms with van der Waals surface area (Å²) in [5.41, 5.74) is 2.81. The van der Waals surface area contributed by atoms with Crippen LogP contribution in [0.3, 0.4) is 0 Å². The number of amides is 1. The van der Waals surface area contributed by atoms with Gasteiger partial charge in [0.2, 0.25) is 0 Å². The molecular weight excluding hydrogens is 288 g/mol. The summed E-state index contributed by atoms with van der Waals surface area (Å²) >= 11 is 0. The molecule has 4 heteroatoms. The standard InChI is InChI=1S/C19H22N2O2/c1-13-15(17-8-3-4-11-20-17)6-5-7-16(13)18(23)21-19(2,12-22)14-9-10-14/h3-8,11,14,22H,9-10,12H2,1-2H3,(H,21,23). The average molecular weight is 310 g/mol. The minimum Gasteiger partial charge on any atom is -0.394 e. The quantitative estimate of drug-likeness (QED) is 0.892. The zero-order valence-electron chi connectivity index (χ0n) is 13.5. The number of pyridine rings is 1. The van der Waals surface area contributed by atoms with E-state index in [1.807, 2.05) is 50.2 Å². The van der Waals surface area contributed by atoms with Crippen molar-refractivity contribution in [2.24, 2.45) is 5.92 Å². The van der Waals surface area contributed by atoms with E-state index in [0.29, 0.717) is 11.5 Å². The smallest absolute Gasteiger partial charge is 0.252 e. The van der Waals surface area contributed by atoms with Crippen molar-refractivity contribution in [3.8, 4) is 11.3 Å². The first-order valence-corrected chi connectivity index (χ1v) is 7.99. The van der Waals surface area contributed by atoms with Crippen LogP contribution >= 0.6 is 0 Å². The first kappa shape index (κ1) is 15.7. The van der Waals surface area contributed by atoms with Gasteiger partial charge in [-0.05, 0) is 56.4 Å². The molecule has 1 aliphatic rings. The van der Waals surface area contributed by atoms with Gasteiger partial charge in [0.05, 0.1) is 17.8 Å². The lowest BCUT2D eigenvalue weighted by atomic mass is 9.94. The molecule has 0 saturated heterocycles. The number of carbonyl (C=O) groups is 1. The predicted octanol–water partition coefficient (Wildman–Crippen LogP) is 2.95. The molecule has 0 spiro atoms. The summed E-state index contributed by atoms with van der Waals surface area (Å²) in [7, 11) is 0. The lowest BCUT2D eigenvalue weighted by molar-refractivity contribution is 0.0824. The largest absolute Gasteiger partial charge is 0.394 e. The lowest BCUT2D eigenvalue weighted by Gasteiger charge is -2.29. The Kier molecular flexibility index (Phi) is 4.18. The third-order valence-corrected chi connectivity index (χ3v) is 4.73. The molecular formula is C19H22N2O2. The normalized spacial score (nSPS) is 16.7. The van der Waals surface area contributed by atoms with Gasteiger partial charge in [0.25, 0.3) is 5.91 Å². The predicted molar refractivity (Wildman–Crippen MR) is 90.1 cm³/mol. The number of benzene rings is 1. The van der Waals surface area contributed by atoms with E-state index in [0.717, 1.165) is 29.7 Å². The van der Waals surface area contributed by atoms with Crippen molar-refractivity contribution in [3.05, 3.63) is 53.7 Å². The Morgan fingerprint density at radius 1 is 1.30 bits per heavy atom. The van der Waals surface area contributed by atoms with Crippen molar-refractivity contribution < 1.29 is 9.90 Å². The Balaban J connectivity index is 1.90. The summed E-state index contributed by atoms with van der Waals surface area (Å²) in [4.78, 5) is 17.1. The number of hydrogen-bond acceptors (Lipinski definition) is 3. The highest BCUT2D eigenvalue weighted by Gasteiger charge is 2.42. The van der Waals surface area contributed by atoms with Crippen LogP contribution in [-0.4, -0.2) is 28.1 Å². The summed E-state index contributed by atoms with van der Waals surface area (Å²) in [6, 6.07) is 11.4. The van der Waals surface area contributed by atoms with Crippen LogP contribution in [0.4, 0.5) is 0 Å². The molecule has 120 valence electrons.